The molecule has 8 nitrogen and oxygen atoms in total. The SMILES string of the molecule is O=C(OCc1ccccc1)N(CCCCCCOCCc1ccccc1)CCc1ccc(OCc2ccccc2)c([N+](=O)[O-])c1. The molecule has 236 valence electrons. The van der Waals surface area contributed by atoms with E-state index in [2.05, 4.69) is 12.1 Å². The van der Waals surface area contributed by atoms with Crippen molar-refractivity contribution in [3.8, 4) is 5.75 Å². The second kappa shape index (κ2) is 18.9. The van der Waals surface area contributed by atoms with E-state index >= 15 is 0 Å². The average Bonchev–Trinajstić information content (AvgIpc) is 3.08. The van der Waals surface area contributed by atoms with Gasteiger partial charge < -0.3 is 19.1 Å². The minimum Gasteiger partial charge on any atom is -0.482 e. The Labute approximate surface area is 265 Å². The fourth-order valence-corrected chi connectivity index (χ4v) is 4.88. The fraction of sp³-hybridized carbons (Fsp3) is 0.324. The molecule has 4 aromatic carbocycles. The quantitative estimate of drug-likeness (QED) is 0.0604. The number of rotatable bonds is 19. The van der Waals surface area contributed by atoms with Gasteiger partial charge in [0, 0.05) is 25.8 Å². The second-order valence-corrected chi connectivity index (χ2v) is 10.9. The normalized spacial score (nSPS) is 10.8. The number of nitro benzene ring substituents is 1. The van der Waals surface area contributed by atoms with Crippen molar-refractivity contribution in [2.45, 2.75) is 51.7 Å². The molecule has 0 aliphatic carbocycles. The minimum absolute atomic E-state index is 0.0902. The molecule has 0 unspecified atom stereocenters. The number of ether oxygens (including phenoxy) is 3. The lowest BCUT2D eigenvalue weighted by Gasteiger charge is -2.22. The van der Waals surface area contributed by atoms with E-state index in [-0.39, 0.29) is 30.7 Å². The maximum Gasteiger partial charge on any atom is 0.410 e. The third-order valence-corrected chi connectivity index (χ3v) is 7.44. The van der Waals surface area contributed by atoms with Crippen molar-refractivity contribution in [3.63, 3.8) is 0 Å². The third-order valence-electron chi connectivity index (χ3n) is 7.44. The Kier molecular flexibility index (Phi) is 13.9. The monoisotopic (exact) mass is 610 g/mol. The van der Waals surface area contributed by atoms with Crippen LogP contribution in [0.15, 0.2) is 109 Å². The molecule has 0 N–H and O–H groups in total. The molecule has 4 aromatic rings. The zero-order chi connectivity index (χ0) is 31.5. The Morgan fingerprint density at radius 1 is 0.644 bits per heavy atom. The van der Waals surface area contributed by atoms with Crippen LogP contribution in [0.3, 0.4) is 0 Å². The number of nitro groups is 1. The van der Waals surface area contributed by atoms with Gasteiger partial charge in [0.1, 0.15) is 13.2 Å². The van der Waals surface area contributed by atoms with Crippen molar-refractivity contribution >= 4 is 11.8 Å². The Bertz CT molecular complexity index is 1430. The number of hydrogen-bond donors (Lipinski definition) is 0. The molecule has 0 saturated heterocycles. The fourth-order valence-electron chi connectivity index (χ4n) is 4.88. The van der Waals surface area contributed by atoms with E-state index in [1.54, 1.807) is 11.0 Å². The molecule has 0 aliphatic rings. The topological polar surface area (TPSA) is 91.1 Å². The highest BCUT2D eigenvalue weighted by Gasteiger charge is 2.19. The Balaban J connectivity index is 1.26. The number of amides is 1. The van der Waals surface area contributed by atoms with Crippen molar-refractivity contribution in [3.05, 3.63) is 142 Å². The van der Waals surface area contributed by atoms with Crippen molar-refractivity contribution in [2.75, 3.05) is 26.3 Å². The molecule has 0 spiro atoms. The maximum atomic E-state index is 13.1. The van der Waals surface area contributed by atoms with E-state index in [9.17, 15) is 14.9 Å². The van der Waals surface area contributed by atoms with E-state index in [1.165, 1.54) is 11.6 Å². The summed E-state index contributed by atoms with van der Waals surface area (Å²) in [6.07, 6.45) is 4.74. The summed E-state index contributed by atoms with van der Waals surface area (Å²) >= 11 is 0. The van der Waals surface area contributed by atoms with Gasteiger partial charge in [-0.15, -0.1) is 0 Å². The van der Waals surface area contributed by atoms with Crippen LogP contribution in [0.4, 0.5) is 10.5 Å². The molecule has 45 heavy (non-hydrogen) atoms. The number of carbonyl (C=O) groups excluding carboxylic acids is 1. The van der Waals surface area contributed by atoms with Crippen molar-refractivity contribution in [2.24, 2.45) is 0 Å². The van der Waals surface area contributed by atoms with Crippen molar-refractivity contribution in [1.29, 1.82) is 0 Å². The molecular weight excluding hydrogens is 568 g/mol. The Hall–Kier alpha value is -4.69. The van der Waals surface area contributed by atoms with Crippen LogP contribution in [-0.2, 0) is 35.5 Å². The largest absolute Gasteiger partial charge is 0.482 e. The minimum atomic E-state index is -0.429. The highest BCUT2D eigenvalue weighted by molar-refractivity contribution is 5.67. The van der Waals surface area contributed by atoms with Gasteiger partial charge in [-0.1, -0.05) is 110 Å². The molecule has 4 rings (SSSR count). The van der Waals surface area contributed by atoms with Gasteiger partial charge in [-0.3, -0.25) is 10.1 Å². The molecule has 0 heterocycles. The molecule has 0 radical (unpaired) electrons. The van der Waals surface area contributed by atoms with E-state index < -0.39 is 4.92 Å². The van der Waals surface area contributed by atoms with Gasteiger partial charge in [-0.2, -0.15) is 0 Å². The molecule has 0 saturated carbocycles. The number of unbranched alkanes of at least 4 members (excludes halogenated alkanes) is 3. The molecule has 0 atom stereocenters. The van der Waals surface area contributed by atoms with E-state index in [0.717, 1.165) is 55.4 Å². The van der Waals surface area contributed by atoms with Crippen LogP contribution >= 0.6 is 0 Å². The smallest absolute Gasteiger partial charge is 0.410 e. The molecule has 8 heteroatoms. The highest BCUT2D eigenvalue weighted by atomic mass is 16.6. The summed E-state index contributed by atoms with van der Waals surface area (Å²) in [5.41, 5.74) is 3.78. The average molecular weight is 611 g/mol. The molecule has 0 bridgehead atoms. The first-order valence-electron chi connectivity index (χ1n) is 15.6. The van der Waals surface area contributed by atoms with Gasteiger partial charge in [-0.25, -0.2) is 4.79 Å². The standard InChI is InChI=1S/C37H42N2O6/c40-37(45-30-34-18-10-5-11-19-34)38(24-12-1-2-13-26-43-27-23-31-14-6-3-7-15-31)25-22-32-20-21-36(35(28-32)39(41)42)44-29-33-16-8-4-9-17-33/h3-11,14-21,28H,1-2,12-13,22-27,29-30H2. The lowest BCUT2D eigenvalue weighted by Crippen LogP contribution is -2.34. The number of hydrogen-bond acceptors (Lipinski definition) is 6. The maximum absolute atomic E-state index is 13.1. The highest BCUT2D eigenvalue weighted by Crippen LogP contribution is 2.29. The number of carbonyl (C=O) groups is 1. The van der Waals surface area contributed by atoms with Crippen LogP contribution in [0.25, 0.3) is 0 Å². The van der Waals surface area contributed by atoms with E-state index in [4.69, 9.17) is 14.2 Å². The molecular formula is C37H42N2O6. The molecule has 1 amide bonds. The van der Waals surface area contributed by atoms with E-state index in [0.29, 0.717) is 26.1 Å². The predicted octanol–water partition coefficient (Wildman–Crippen LogP) is 8.17. The molecule has 0 fully saturated rings. The first-order valence-corrected chi connectivity index (χ1v) is 15.6. The Morgan fingerprint density at radius 2 is 1.27 bits per heavy atom. The zero-order valence-electron chi connectivity index (χ0n) is 25.7. The lowest BCUT2D eigenvalue weighted by atomic mass is 10.1. The summed E-state index contributed by atoms with van der Waals surface area (Å²) in [5.74, 6) is 0.218. The van der Waals surface area contributed by atoms with Crippen LogP contribution in [0.5, 0.6) is 5.75 Å². The number of benzene rings is 4. The molecule has 0 aromatic heterocycles. The van der Waals surface area contributed by atoms with Gasteiger partial charge in [-0.05, 0) is 54.0 Å². The lowest BCUT2D eigenvalue weighted by molar-refractivity contribution is -0.386. The Morgan fingerprint density at radius 3 is 1.93 bits per heavy atom. The first-order chi connectivity index (χ1) is 22.1. The third kappa shape index (κ3) is 12.1. The molecule has 0 aliphatic heterocycles. The van der Waals surface area contributed by atoms with Crippen LogP contribution in [0.1, 0.15) is 47.9 Å². The predicted molar refractivity (Wildman–Crippen MR) is 175 cm³/mol. The number of nitrogens with zero attached hydrogens (tertiary/aromatic N) is 2. The summed E-state index contributed by atoms with van der Waals surface area (Å²) in [4.78, 5) is 26.2. The van der Waals surface area contributed by atoms with Crippen molar-refractivity contribution < 1.29 is 23.9 Å². The summed E-state index contributed by atoms with van der Waals surface area (Å²) in [7, 11) is 0. The summed E-state index contributed by atoms with van der Waals surface area (Å²) in [5, 5.41) is 11.8. The van der Waals surface area contributed by atoms with Gasteiger partial charge >= 0.3 is 11.8 Å². The van der Waals surface area contributed by atoms with Crippen LogP contribution in [-0.4, -0.2) is 42.2 Å². The van der Waals surface area contributed by atoms with Gasteiger partial charge in [0.15, 0.2) is 5.75 Å². The summed E-state index contributed by atoms with van der Waals surface area (Å²) < 4.78 is 17.2. The van der Waals surface area contributed by atoms with Crippen LogP contribution in [0.2, 0.25) is 0 Å². The van der Waals surface area contributed by atoms with Gasteiger partial charge in [0.05, 0.1) is 11.5 Å². The summed E-state index contributed by atoms with van der Waals surface area (Å²) in [6.45, 7) is 2.79. The van der Waals surface area contributed by atoms with Crippen LogP contribution < -0.4 is 4.74 Å². The van der Waals surface area contributed by atoms with Gasteiger partial charge in [0.2, 0.25) is 0 Å². The van der Waals surface area contributed by atoms with Gasteiger partial charge in [0.25, 0.3) is 0 Å². The second-order valence-electron chi connectivity index (χ2n) is 10.9. The van der Waals surface area contributed by atoms with E-state index in [1.807, 2.05) is 84.9 Å². The summed E-state index contributed by atoms with van der Waals surface area (Å²) in [6, 6.07) is 34.4. The van der Waals surface area contributed by atoms with Crippen molar-refractivity contribution in [1.82, 2.24) is 4.90 Å². The van der Waals surface area contributed by atoms with Crippen LogP contribution in [0, 0.1) is 10.1 Å². The zero-order valence-corrected chi connectivity index (χ0v) is 25.7. The first kappa shape index (κ1) is 33.2.